The van der Waals surface area contributed by atoms with Crippen LogP contribution in [0.5, 0.6) is 0 Å². The van der Waals surface area contributed by atoms with E-state index in [1.807, 2.05) is 0 Å². The molecular weight excluding hydrogens is 198 g/mol. The highest BCUT2D eigenvalue weighted by molar-refractivity contribution is 5.18. The van der Waals surface area contributed by atoms with Gasteiger partial charge in [0, 0.05) is 6.42 Å². The highest BCUT2D eigenvalue weighted by atomic mass is 19.2. The first-order valence-electron chi connectivity index (χ1n) is 4.65. The van der Waals surface area contributed by atoms with Crippen LogP contribution in [0.1, 0.15) is 18.9 Å². The lowest BCUT2D eigenvalue weighted by atomic mass is 10.1. The van der Waals surface area contributed by atoms with Crippen LogP contribution < -0.4 is 0 Å². The third kappa shape index (κ3) is 3.69. The molecule has 15 heavy (non-hydrogen) atoms. The minimum absolute atomic E-state index is 0.284. The molecule has 80 valence electrons. The Labute approximate surface area is 87.7 Å². The predicted molar refractivity (Wildman–Crippen MR) is 54.1 cm³/mol. The number of benzene rings is 1. The molecule has 0 saturated heterocycles. The van der Waals surface area contributed by atoms with Crippen LogP contribution in [0.4, 0.5) is 8.78 Å². The maximum Gasteiger partial charge on any atom is 0.159 e. The summed E-state index contributed by atoms with van der Waals surface area (Å²) in [6.45, 7) is 1.68. The number of hydrogen-bond acceptors (Lipinski definition) is 1. The summed E-state index contributed by atoms with van der Waals surface area (Å²) in [6.07, 6.45) is -0.0104. The normalized spacial score (nSPS) is 11.7. The van der Waals surface area contributed by atoms with Gasteiger partial charge in [-0.2, -0.15) is 0 Å². The first-order valence-corrected chi connectivity index (χ1v) is 4.65. The highest BCUT2D eigenvalue weighted by Gasteiger charge is 2.07. The monoisotopic (exact) mass is 210 g/mol. The van der Waals surface area contributed by atoms with Crippen molar-refractivity contribution in [3.8, 4) is 11.8 Å². The van der Waals surface area contributed by atoms with E-state index in [0.717, 1.165) is 12.1 Å². The van der Waals surface area contributed by atoms with Crippen LogP contribution in [0.3, 0.4) is 0 Å². The van der Waals surface area contributed by atoms with Crippen molar-refractivity contribution in [3.05, 3.63) is 35.4 Å². The second kappa shape index (κ2) is 5.47. The summed E-state index contributed by atoms with van der Waals surface area (Å²) in [7, 11) is 0. The number of hydrogen-bond donors (Lipinski definition) is 1. The fraction of sp³-hybridized carbons (Fsp3) is 0.333. The van der Waals surface area contributed by atoms with Gasteiger partial charge in [-0.3, -0.25) is 0 Å². The van der Waals surface area contributed by atoms with E-state index in [2.05, 4.69) is 11.8 Å². The van der Waals surface area contributed by atoms with E-state index in [0.29, 0.717) is 12.0 Å². The van der Waals surface area contributed by atoms with Crippen molar-refractivity contribution in [1.29, 1.82) is 0 Å². The largest absolute Gasteiger partial charge is 0.392 e. The van der Waals surface area contributed by atoms with E-state index in [1.54, 1.807) is 6.92 Å². The van der Waals surface area contributed by atoms with Gasteiger partial charge in [0.15, 0.2) is 11.6 Å². The molecule has 0 amide bonds. The Balaban J connectivity index is 2.63. The van der Waals surface area contributed by atoms with Crippen LogP contribution in [-0.2, 0) is 6.42 Å². The maximum atomic E-state index is 12.8. The summed E-state index contributed by atoms with van der Waals surface area (Å²) < 4.78 is 25.4. The van der Waals surface area contributed by atoms with Crippen molar-refractivity contribution in [1.82, 2.24) is 0 Å². The first-order chi connectivity index (χ1) is 7.13. The smallest absolute Gasteiger partial charge is 0.159 e. The molecule has 3 heteroatoms. The maximum absolute atomic E-state index is 12.8. The van der Waals surface area contributed by atoms with Crippen LogP contribution in [0.15, 0.2) is 18.2 Å². The molecule has 0 aliphatic rings. The van der Waals surface area contributed by atoms with Gasteiger partial charge in [-0.15, -0.1) is 11.8 Å². The standard InChI is InChI=1S/C12H12F2O/c1-2-3-4-10(15)7-9-5-6-11(13)12(14)8-9/h5-6,8,10,15H,4,7H2,1H3. The van der Waals surface area contributed by atoms with Crippen molar-refractivity contribution >= 4 is 0 Å². The Morgan fingerprint density at radius 3 is 2.67 bits per heavy atom. The number of halogens is 2. The molecule has 0 heterocycles. The fourth-order valence-electron chi connectivity index (χ4n) is 1.23. The van der Waals surface area contributed by atoms with Crippen LogP contribution in [-0.4, -0.2) is 11.2 Å². The van der Waals surface area contributed by atoms with Gasteiger partial charge in [-0.05, 0) is 31.0 Å². The van der Waals surface area contributed by atoms with Gasteiger partial charge in [0.05, 0.1) is 6.10 Å². The average Bonchev–Trinajstić information content (AvgIpc) is 2.20. The Morgan fingerprint density at radius 2 is 2.07 bits per heavy atom. The van der Waals surface area contributed by atoms with Crippen molar-refractivity contribution in [3.63, 3.8) is 0 Å². The molecule has 1 atom stereocenters. The third-order valence-corrected chi connectivity index (χ3v) is 1.97. The molecule has 0 aliphatic heterocycles. The fourth-order valence-corrected chi connectivity index (χ4v) is 1.23. The van der Waals surface area contributed by atoms with E-state index in [-0.39, 0.29) is 6.42 Å². The molecule has 0 bridgehead atoms. The summed E-state index contributed by atoms with van der Waals surface area (Å²) in [5.41, 5.74) is 0.569. The molecule has 1 aromatic rings. The summed E-state index contributed by atoms with van der Waals surface area (Å²) in [5.74, 6) is 3.63. The molecule has 1 aromatic carbocycles. The minimum Gasteiger partial charge on any atom is -0.392 e. The first kappa shape index (κ1) is 11.7. The lowest BCUT2D eigenvalue weighted by Crippen LogP contribution is -2.09. The van der Waals surface area contributed by atoms with Crippen molar-refractivity contribution < 1.29 is 13.9 Å². The lowest BCUT2D eigenvalue weighted by molar-refractivity contribution is 0.180. The summed E-state index contributed by atoms with van der Waals surface area (Å²) in [6, 6.07) is 3.61. The molecule has 1 unspecified atom stereocenters. The Morgan fingerprint density at radius 1 is 1.33 bits per heavy atom. The molecule has 0 fully saturated rings. The highest BCUT2D eigenvalue weighted by Crippen LogP contribution is 2.11. The Kier molecular flexibility index (Phi) is 4.26. The topological polar surface area (TPSA) is 20.2 Å². The SMILES string of the molecule is CC#CCC(O)Cc1ccc(F)c(F)c1. The van der Waals surface area contributed by atoms with Crippen LogP contribution in [0.25, 0.3) is 0 Å². The molecule has 0 aromatic heterocycles. The Hall–Kier alpha value is -1.40. The number of aliphatic hydroxyl groups is 1. The second-order valence-electron chi connectivity index (χ2n) is 3.24. The molecule has 0 radical (unpaired) electrons. The van der Waals surface area contributed by atoms with E-state index in [1.165, 1.54) is 6.07 Å². The second-order valence-corrected chi connectivity index (χ2v) is 3.24. The van der Waals surface area contributed by atoms with Crippen molar-refractivity contribution in [2.24, 2.45) is 0 Å². The Bertz CT molecular complexity index is 390. The van der Waals surface area contributed by atoms with Gasteiger partial charge in [0.2, 0.25) is 0 Å². The molecule has 0 saturated carbocycles. The van der Waals surface area contributed by atoms with Crippen molar-refractivity contribution in [2.45, 2.75) is 25.9 Å². The van der Waals surface area contributed by atoms with Gasteiger partial charge in [-0.25, -0.2) is 8.78 Å². The number of rotatable bonds is 3. The average molecular weight is 210 g/mol. The van der Waals surface area contributed by atoms with E-state index in [4.69, 9.17) is 0 Å². The quantitative estimate of drug-likeness (QED) is 0.759. The third-order valence-electron chi connectivity index (χ3n) is 1.97. The zero-order valence-corrected chi connectivity index (χ0v) is 8.43. The van der Waals surface area contributed by atoms with Gasteiger partial charge in [-0.1, -0.05) is 6.07 Å². The van der Waals surface area contributed by atoms with E-state index in [9.17, 15) is 13.9 Å². The van der Waals surface area contributed by atoms with Crippen LogP contribution in [0, 0.1) is 23.5 Å². The molecule has 0 spiro atoms. The van der Waals surface area contributed by atoms with E-state index < -0.39 is 17.7 Å². The number of aliphatic hydroxyl groups excluding tert-OH is 1. The summed E-state index contributed by atoms with van der Waals surface area (Å²) in [4.78, 5) is 0. The zero-order valence-electron chi connectivity index (χ0n) is 8.43. The van der Waals surface area contributed by atoms with Crippen LogP contribution >= 0.6 is 0 Å². The summed E-state index contributed by atoms with van der Waals surface area (Å²) >= 11 is 0. The van der Waals surface area contributed by atoms with Crippen molar-refractivity contribution in [2.75, 3.05) is 0 Å². The molecule has 1 rings (SSSR count). The minimum atomic E-state index is -0.888. The van der Waals surface area contributed by atoms with Gasteiger partial charge < -0.3 is 5.11 Å². The molecule has 1 nitrogen and oxygen atoms in total. The summed E-state index contributed by atoms with van der Waals surface area (Å²) in [5, 5.41) is 9.48. The van der Waals surface area contributed by atoms with Crippen LogP contribution in [0.2, 0.25) is 0 Å². The van der Waals surface area contributed by atoms with Gasteiger partial charge in [0.1, 0.15) is 0 Å². The molecule has 0 aliphatic carbocycles. The zero-order chi connectivity index (χ0) is 11.3. The molecule has 1 N–H and O–H groups in total. The predicted octanol–water partition coefficient (Wildman–Crippen LogP) is 2.28. The van der Waals surface area contributed by atoms with Gasteiger partial charge >= 0.3 is 0 Å². The van der Waals surface area contributed by atoms with Gasteiger partial charge in [0.25, 0.3) is 0 Å². The lowest BCUT2D eigenvalue weighted by Gasteiger charge is -2.07. The molecular formula is C12H12F2O. The van der Waals surface area contributed by atoms with E-state index >= 15 is 0 Å².